The second-order valence-electron chi connectivity index (χ2n) is 7.09. The summed E-state index contributed by atoms with van der Waals surface area (Å²) in [6, 6.07) is 6.68. The molecule has 1 aromatic rings. The van der Waals surface area contributed by atoms with Crippen LogP contribution in [0.25, 0.3) is 0 Å². The molecule has 0 aliphatic heterocycles. The molecule has 0 heterocycles. The minimum absolute atomic E-state index is 0.170. The average Bonchev–Trinajstić information content (AvgIpc) is 2.37. The van der Waals surface area contributed by atoms with Gasteiger partial charge in [0, 0.05) is 12.1 Å². The summed E-state index contributed by atoms with van der Waals surface area (Å²) < 4.78 is 11.0. The molecule has 2 N–H and O–H groups in total. The molecule has 2 rings (SSSR count). The van der Waals surface area contributed by atoms with Crippen LogP contribution < -0.4 is 15.4 Å². The van der Waals surface area contributed by atoms with Crippen molar-refractivity contribution in [3.05, 3.63) is 23.8 Å². The standard InChI is InChI=1S/C18H28N2O3/c1-6-22-16-9-12(2)7-8-15(16)19-13-10-14(11-13)20-17(21)23-18(3,4)5/h7-9,13-14,19H,6,10-11H2,1-5H3,(H,20,21). The van der Waals surface area contributed by atoms with Gasteiger partial charge in [0.1, 0.15) is 11.4 Å². The molecule has 0 saturated heterocycles. The van der Waals surface area contributed by atoms with Crippen molar-refractivity contribution >= 4 is 11.8 Å². The Hall–Kier alpha value is -1.91. The number of carbonyl (C=O) groups excluding carboxylic acids is 1. The first-order valence-corrected chi connectivity index (χ1v) is 8.26. The molecule has 1 aliphatic rings. The lowest BCUT2D eigenvalue weighted by molar-refractivity contribution is 0.0475. The predicted molar refractivity (Wildman–Crippen MR) is 92.2 cm³/mol. The molecule has 0 radical (unpaired) electrons. The third kappa shape index (κ3) is 5.34. The van der Waals surface area contributed by atoms with Gasteiger partial charge in [0.05, 0.1) is 12.3 Å². The Balaban J connectivity index is 1.81. The highest BCUT2D eigenvalue weighted by Crippen LogP contribution is 2.31. The lowest BCUT2D eigenvalue weighted by atomic mass is 9.86. The van der Waals surface area contributed by atoms with Crippen LogP contribution in [0.15, 0.2) is 18.2 Å². The highest BCUT2D eigenvalue weighted by molar-refractivity contribution is 5.68. The topological polar surface area (TPSA) is 59.6 Å². The van der Waals surface area contributed by atoms with Gasteiger partial charge in [-0.15, -0.1) is 0 Å². The summed E-state index contributed by atoms with van der Waals surface area (Å²) >= 11 is 0. The number of aryl methyl sites for hydroxylation is 1. The number of alkyl carbamates (subject to hydrolysis) is 1. The van der Waals surface area contributed by atoms with E-state index in [2.05, 4.69) is 29.7 Å². The van der Waals surface area contributed by atoms with Crippen LogP contribution in [0, 0.1) is 6.92 Å². The Morgan fingerprint density at radius 1 is 1.26 bits per heavy atom. The number of anilines is 1. The molecular weight excluding hydrogens is 292 g/mol. The average molecular weight is 320 g/mol. The van der Waals surface area contributed by atoms with E-state index < -0.39 is 5.60 Å². The van der Waals surface area contributed by atoms with Crippen LogP contribution in [0.1, 0.15) is 46.1 Å². The molecular formula is C18H28N2O3. The van der Waals surface area contributed by atoms with Gasteiger partial charge in [0.2, 0.25) is 0 Å². The van der Waals surface area contributed by atoms with Crippen LogP contribution in [0.3, 0.4) is 0 Å². The SMILES string of the molecule is CCOc1cc(C)ccc1NC1CC(NC(=O)OC(C)(C)C)C1. The maximum absolute atomic E-state index is 11.7. The maximum Gasteiger partial charge on any atom is 0.407 e. The first kappa shape index (κ1) is 17.4. The molecule has 0 bridgehead atoms. The smallest absolute Gasteiger partial charge is 0.407 e. The number of rotatable bonds is 5. The molecule has 128 valence electrons. The quantitative estimate of drug-likeness (QED) is 0.865. The molecule has 23 heavy (non-hydrogen) atoms. The molecule has 1 saturated carbocycles. The Kier molecular flexibility index (Phi) is 5.39. The molecule has 0 unspecified atom stereocenters. The number of ether oxygens (including phenoxy) is 2. The fourth-order valence-corrected chi connectivity index (χ4v) is 2.57. The fourth-order valence-electron chi connectivity index (χ4n) is 2.57. The molecule has 1 aromatic carbocycles. The molecule has 1 amide bonds. The van der Waals surface area contributed by atoms with Gasteiger partial charge in [0.25, 0.3) is 0 Å². The van der Waals surface area contributed by atoms with E-state index >= 15 is 0 Å². The van der Waals surface area contributed by atoms with E-state index in [-0.39, 0.29) is 12.1 Å². The third-order valence-electron chi connectivity index (χ3n) is 3.66. The van der Waals surface area contributed by atoms with Crippen molar-refractivity contribution in [2.45, 2.75) is 65.1 Å². The Morgan fingerprint density at radius 3 is 2.57 bits per heavy atom. The van der Waals surface area contributed by atoms with E-state index in [9.17, 15) is 4.79 Å². The highest BCUT2D eigenvalue weighted by Gasteiger charge is 2.32. The Morgan fingerprint density at radius 2 is 1.96 bits per heavy atom. The third-order valence-corrected chi connectivity index (χ3v) is 3.66. The van der Waals surface area contributed by atoms with E-state index in [1.54, 1.807) is 0 Å². The number of hydrogen-bond acceptors (Lipinski definition) is 4. The van der Waals surface area contributed by atoms with Crippen LogP contribution in [0.4, 0.5) is 10.5 Å². The summed E-state index contributed by atoms with van der Waals surface area (Å²) in [5.74, 6) is 0.885. The largest absolute Gasteiger partial charge is 0.492 e. The van der Waals surface area contributed by atoms with Crippen LogP contribution >= 0.6 is 0 Å². The number of carbonyl (C=O) groups is 1. The van der Waals surface area contributed by atoms with Crippen molar-refractivity contribution in [3.8, 4) is 5.75 Å². The number of benzene rings is 1. The molecule has 1 aliphatic carbocycles. The molecule has 5 nitrogen and oxygen atoms in total. The number of amides is 1. The van der Waals surface area contributed by atoms with Gasteiger partial charge < -0.3 is 20.1 Å². The van der Waals surface area contributed by atoms with E-state index in [0.717, 1.165) is 24.3 Å². The van der Waals surface area contributed by atoms with Gasteiger partial charge in [-0.1, -0.05) is 6.07 Å². The van der Waals surface area contributed by atoms with Crippen LogP contribution in [-0.4, -0.2) is 30.4 Å². The van der Waals surface area contributed by atoms with Gasteiger partial charge in [-0.25, -0.2) is 4.79 Å². The molecule has 0 spiro atoms. The zero-order valence-electron chi connectivity index (χ0n) is 14.7. The maximum atomic E-state index is 11.7. The summed E-state index contributed by atoms with van der Waals surface area (Å²) in [5, 5.41) is 6.40. The van der Waals surface area contributed by atoms with E-state index in [1.807, 2.05) is 33.8 Å². The highest BCUT2D eigenvalue weighted by atomic mass is 16.6. The first-order valence-electron chi connectivity index (χ1n) is 8.26. The molecule has 0 aromatic heterocycles. The lowest BCUT2D eigenvalue weighted by Crippen LogP contribution is -2.50. The van der Waals surface area contributed by atoms with Gasteiger partial charge in [-0.3, -0.25) is 0 Å². The van der Waals surface area contributed by atoms with E-state index in [4.69, 9.17) is 9.47 Å². The van der Waals surface area contributed by atoms with Gasteiger partial charge in [0.15, 0.2) is 0 Å². The van der Waals surface area contributed by atoms with Crippen molar-refractivity contribution in [3.63, 3.8) is 0 Å². The van der Waals surface area contributed by atoms with Gasteiger partial charge in [-0.05, 0) is 65.2 Å². The van der Waals surface area contributed by atoms with Crippen molar-refractivity contribution < 1.29 is 14.3 Å². The summed E-state index contributed by atoms with van der Waals surface area (Å²) in [6.45, 7) is 10.3. The van der Waals surface area contributed by atoms with Crippen molar-refractivity contribution in [1.82, 2.24) is 5.32 Å². The summed E-state index contributed by atoms with van der Waals surface area (Å²) in [5.41, 5.74) is 1.73. The normalized spacial score (nSPS) is 20.4. The van der Waals surface area contributed by atoms with Crippen molar-refractivity contribution in [2.24, 2.45) is 0 Å². The minimum Gasteiger partial charge on any atom is -0.492 e. The van der Waals surface area contributed by atoms with Crippen LogP contribution in [0.2, 0.25) is 0 Å². The first-order chi connectivity index (χ1) is 10.8. The second kappa shape index (κ2) is 7.11. The minimum atomic E-state index is -0.459. The monoisotopic (exact) mass is 320 g/mol. The number of hydrogen-bond donors (Lipinski definition) is 2. The van der Waals surface area contributed by atoms with Crippen LogP contribution in [-0.2, 0) is 4.74 Å². The van der Waals surface area contributed by atoms with Gasteiger partial charge >= 0.3 is 6.09 Å². The summed E-state index contributed by atoms with van der Waals surface area (Å²) in [6.07, 6.45) is 1.43. The van der Waals surface area contributed by atoms with Crippen molar-refractivity contribution in [1.29, 1.82) is 0 Å². The molecule has 5 heteroatoms. The Bertz CT molecular complexity index is 546. The van der Waals surface area contributed by atoms with Crippen LogP contribution in [0.5, 0.6) is 5.75 Å². The van der Waals surface area contributed by atoms with E-state index in [0.29, 0.717) is 12.6 Å². The Labute approximate surface area is 138 Å². The molecule has 0 atom stereocenters. The fraction of sp³-hybridized carbons (Fsp3) is 0.611. The van der Waals surface area contributed by atoms with Crippen molar-refractivity contribution in [2.75, 3.05) is 11.9 Å². The predicted octanol–water partition coefficient (Wildman–Crippen LogP) is 3.86. The lowest BCUT2D eigenvalue weighted by Gasteiger charge is -2.37. The molecule has 1 fully saturated rings. The van der Waals surface area contributed by atoms with Gasteiger partial charge in [-0.2, -0.15) is 0 Å². The summed E-state index contributed by atoms with van der Waals surface area (Å²) in [4.78, 5) is 11.7. The zero-order chi connectivity index (χ0) is 17.0. The van der Waals surface area contributed by atoms with E-state index in [1.165, 1.54) is 5.56 Å². The summed E-state index contributed by atoms with van der Waals surface area (Å²) in [7, 11) is 0. The second-order valence-corrected chi connectivity index (χ2v) is 7.09. The number of nitrogens with one attached hydrogen (secondary N) is 2. The zero-order valence-corrected chi connectivity index (χ0v) is 14.7.